The molecular formula is C23H22FN3O2. The predicted molar refractivity (Wildman–Crippen MR) is 109 cm³/mol. The van der Waals surface area contributed by atoms with E-state index in [-0.39, 0.29) is 5.82 Å². The van der Waals surface area contributed by atoms with Gasteiger partial charge in [0, 0.05) is 24.6 Å². The summed E-state index contributed by atoms with van der Waals surface area (Å²) in [6, 6.07) is 13.0. The number of halogens is 1. The molecule has 0 amide bonds. The number of rotatable bonds is 6. The van der Waals surface area contributed by atoms with Crippen LogP contribution >= 0.6 is 0 Å². The third-order valence-electron chi connectivity index (χ3n) is 4.89. The molecule has 0 spiro atoms. The highest BCUT2D eigenvalue weighted by molar-refractivity contribution is 5.64. The van der Waals surface area contributed by atoms with E-state index >= 15 is 0 Å². The van der Waals surface area contributed by atoms with Crippen molar-refractivity contribution in [3.05, 3.63) is 89.4 Å². The SMILES string of the molecule is CCO[C@H](O)c1ncc2cc(Cc3cccnc3-c3ccc(F)c(C)c3)ccn12. The molecule has 0 saturated heterocycles. The van der Waals surface area contributed by atoms with Gasteiger partial charge < -0.3 is 9.84 Å². The molecule has 0 unspecified atom stereocenters. The van der Waals surface area contributed by atoms with Gasteiger partial charge in [0.25, 0.3) is 0 Å². The Balaban J connectivity index is 1.66. The molecule has 5 nitrogen and oxygen atoms in total. The average molecular weight is 391 g/mol. The Labute approximate surface area is 168 Å². The fourth-order valence-corrected chi connectivity index (χ4v) is 3.44. The Hall–Kier alpha value is -3.09. The van der Waals surface area contributed by atoms with E-state index in [1.165, 1.54) is 6.07 Å². The van der Waals surface area contributed by atoms with Gasteiger partial charge in [-0.1, -0.05) is 6.07 Å². The van der Waals surface area contributed by atoms with Crippen LogP contribution in [-0.4, -0.2) is 26.1 Å². The minimum Gasteiger partial charge on any atom is -0.362 e. The highest BCUT2D eigenvalue weighted by atomic mass is 19.1. The van der Waals surface area contributed by atoms with Crippen LogP contribution in [0, 0.1) is 12.7 Å². The van der Waals surface area contributed by atoms with E-state index in [0.29, 0.717) is 24.4 Å². The van der Waals surface area contributed by atoms with Gasteiger partial charge in [-0.3, -0.25) is 9.38 Å². The smallest absolute Gasteiger partial charge is 0.215 e. The molecule has 1 atom stereocenters. The van der Waals surface area contributed by atoms with Crippen molar-refractivity contribution >= 4 is 5.52 Å². The summed E-state index contributed by atoms with van der Waals surface area (Å²) in [5.74, 6) is 0.236. The monoisotopic (exact) mass is 391 g/mol. The zero-order chi connectivity index (χ0) is 20.4. The van der Waals surface area contributed by atoms with Crippen LogP contribution in [0.3, 0.4) is 0 Å². The third-order valence-corrected chi connectivity index (χ3v) is 4.89. The standard InChI is InChI=1S/C23H22FN3O2/c1-3-29-23(28)22-26-14-19-13-16(8-10-27(19)22)12-17-5-4-9-25-21(17)18-6-7-20(24)15(2)11-18/h4-11,13-14,23,28H,3,12H2,1-2H3/t23-/m0/s1. The average Bonchev–Trinajstić information content (AvgIpc) is 3.14. The van der Waals surface area contributed by atoms with Crippen LogP contribution in [0.25, 0.3) is 16.8 Å². The molecule has 3 heterocycles. The van der Waals surface area contributed by atoms with Crippen molar-refractivity contribution < 1.29 is 14.2 Å². The minimum atomic E-state index is -1.06. The molecule has 148 valence electrons. The first-order chi connectivity index (χ1) is 14.1. The van der Waals surface area contributed by atoms with E-state index in [1.807, 2.05) is 47.9 Å². The molecule has 29 heavy (non-hydrogen) atoms. The number of aromatic nitrogens is 3. The van der Waals surface area contributed by atoms with E-state index in [2.05, 4.69) is 9.97 Å². The first kappa shape index (κ1) is 19.2. The lowest BCUT2D eigenvalue weighted by atomic mass is 9.99. The largest absolute Gasteiger partial charge is 0.362 e. The lowest BCUT2D eigenvalue weighted by Crippen LogP contribution is -2.07. The lowest BCUT2D eigenvalue weighted by molar-refractivity contribution is -0.104. The fraction of sp³-hybridized carbons (Fsp3) is 0.217. The summed E-state index contributed by atoms with van der Waals surface area (Å²) in [5.41, 5.74) is 5.35. The highest BCUT2D eigenvalue weighted by Gasteiger charge is 2.15. The number of aryl methyl sites for hydroxylation is 1. The quantitative estimate of drug-likeness (QED) is 0.493. The van der Waals surface area contributed by atoms with Gasteiger partial charge in [0.05, 0.1) is 17.4 Å². The van der Waals surface area contributed by atoms with E-state index in [4.69, 9.17) is 4.74 Å². The number of fused-ring (bicyclic) bond motifs is 1. The van der Waals surface area contributed by atoms with Gasteiger partial charge >= 0.3 is 0 Å². The van der Waals surface area contributed by atoms with Gasteiger partial charge in [0.15, 0.2) is 5.82 Å². The number of nitrogens with zero attached hydrogens (tertiary/aromatic N) is 3. The van der Waals surface area contributed by atoms with Crippen molar-refractivity contribution in [1.29, 1.82) is 0 Å². The second-order valence-electron chi connectivity index (χ2n) is 6.91. The zero-order valence-corrected chi connectivity index (χ0v) is 16.3. The second kappa shape index (κ2) is 8.11. The normalized spacial score (nSPS) is 12.4. The molecule has 0 aliphatic rings. The summed E-state index contributed by atoms with van der Waals surface area (Å²) in [6.07, 6.45) is 4.96. The van der Waals surface area contributed by atoms with Crippen LogP contribution in [0.2, 0.25) is 0 Å². The van der Waals surface area contributed by atoms with Crippen LogP contribution < -0.4 is 0 Å². The summed E-state index contributed by atoms with van der Waals surface area (Å²) in [4.78, 5) is 8.82. The zero-order valence-electron chi connectivity index (χ0n) is 16.3. The molecule has 4 rings (SSSR count). The molecule has 1 aromatic carbocycles. The van der Waals surface area contributed by atoms with Crippen molar-refractivity contribution in [2.45, 2.75) is 26.6 Å². The van der Waals surface area contributed by atoms with Crippen molar-refractivity contribution in [2.24, 2.45) is 0 Å². The van der Waals surface area contributed by atoms with Crippen LogP contribution in [0.1, 0.15) is 35.7 Å². The molecule has 6 heteroatoms. The summed E-state index contributed by atoms with van der Waals surface area (Å²) in [5, 5.41) is 10.1. The van der Waals surface area contributed by atoms with Crippen molar-refractivity contribution in [3.8, 4) is 11.3 Å². The molecule has 0 aliphatic heterocycles. The molecule has 0 saturated carbocycles. The van der Waals surface area contributed by atoms with Gasteiger partial charge in [0.1, 0.15) is 5.82 Å². The van der Waals surface area contributed by atoms with Crippen LogP contribution in [0.5, 0.6) is 0 Å². The Bertz CT molecular complexity index is 1160. The number of benzene rings is 1. The molecule has 0 radical (unpaired) electrons. The molecular weight excluding hydrogens is 369 g/mol. The third kappa shape index (κ3) is 3.90. The maximum atomic E-state index is 13.7. The van der Waals surface area contributed by atoms with Gasteiger partial charge in [-0.15, -0.1) is 0 Å². The van der Waals surface area contributed by atoms with E-state index < -0.39 is 6.29 Å². The van der Waals surface area contributed by atoms with E-state index in [9.17, 15) is 9.50 Å². The number of imidazole rings is 1. The lowest BCUT2D eigenvalue weighted by Gasteiger charge is -2.11. The van der Waals surface area contributed by atoms with Crippen molar-refractivity contribution in [3.63, 3.8) is 0 Å². The predicted octanol–water partition coefficient (Wildman–Crippen LogP) is 4.46. The molecule has 0 aliphatic carbocycles. The minimum absolute atomic E-state index is 0.220. The number of aliphatic hydroxyl groups is 1. The topological polar surface area (TPSA) is 59.7 Å². The maximum Gasteiger partial charge on any atom is 0.215 e. The van der Waals surface area contributed by atoms with Crippen LogP contribution in [-0.2, 0) is 11.2 Å². The van der Waals surface area contributed by atoms with E-state index in [1.54, 1.807) is 25.4 Å². The summed E-state index contributed by atoms with van der Waals surface area (Å²) >= 11 is 0. The first-order valence-electron chi connectivity index (χ1n) is 9.52. The maximum absolute atomic E-state index is 13.7. The van der Waals surface area contributed by atoms with Gasteiger partial charge in [0.2, 0.25) is 6.29 Å². The number of hydrogen-bond donors (Lipinski definition) is 1. The number of ether oxygens (including phenoxy) is 1. The van der Waals surface area contributed by atoms with Crippen LogP contribution in [0.15, 0.2) is 61.1 Å². The molecule has 0 bridgehead atoms. The van der Waals surface area contributed by atoms with Gasteiger partial charge in [-0.25, -0.2) is 9.37 Å². The molecule has 1 N–H and O–H groups in total. The van der Waals surface area contributed by atoms with Gasteiger partial charge in [-0.2, -0.15) is 0 Å². The van der Waals surface area contributed by atoms with Gasteiger partial charge in [-0.05, 0) is 73.4 Å². The molecule has 0 fully saturated rings. The second-order valence-corrected chi connectivity index (χ2v) is 6.91. The Morgan fingerprint density at radius 1 is 1.17 bits per heavy atom. The number of hydrogen-bond acceptors (Lipinski definition) is 4. The Morgan fingerprint density at radius 3 is 2.83 bits per heavy atom. The molecule has 3 aromatic heterocycles. The first-order valence-corrected chi connectivity index (χ1v) is 9.52. The van der Waals surface area contributed by atoms with Crippen molar-refractivity contribution in [2.75, 3.05) is 6.61 Å². The van der Waals surface area contributed by atoms with Crippen molar-refractivity contribution in [1.82, 2.24) is 14.4 Å². The number of pyridine rings is 2. The Morgan fingerprint density at radius 2 is 2.03 bits per heavy atom. The Kier molecular flexibility index (Phi) is 5.38. The number of aliphatic hydroxyl groups excluding tert-OH is 1. The van der Waals surface area contributed by atoms with Crippen LogP contribution in [0.4, 0.5) is 4.39 Å². The molecule has 4 aromatic rings. The summed E-state index contributed by atoms with van der Waals surface area (Å²) in [7, 11) is 0. The summed E-state index contributed by atoms with van der Waals surface area (Å²) < 4.78 is 20.7. The van der Waals surface area contributed by atoms with E-state index in [0.717, 1.165) is 27.9 Å². The summed E-state index contributed by atoms with van der Waals surface area (Å²) in [6.45, 7) is 3.98. The fourth-order valence-electron chi connectivity index (χ4n) is 3.44. The highest BCUT2D eigenvalue weighted by Crippen LogP contribution is 2.26.